The highest BCUT2D eigenvalue weighted by molar-refractivity contribution is 5.96. The number of nitrogens with one attached hydrogen (secondary N) is 1. The van der Waals surface area contributed by atoms with Crippen LogP contribution in [-0.2, 0) is 11.3 Å². The molecule has 1 saturated heterocycles. The standard InChI is InChI=1S/C20H21N3O5/c1-2-28-18-10-7-15(12-17(18)23(26)27)20(25)21-13-14-5-8-16(9-6-14)22-11-3-4-19(22)24/h5-10,12H,2-4,11,13H2,1H3,(H,21,25). The topological polar surface area (TPSA) is 102 Å². The maximum absolute atomic E-state index is 12.4. The lowest BCUT2D eigenvalue weighted by atomic mass is 10.1. The van der Waals surface area contributed by atoms with Crippen LogP contribution < -0.4 is 15.0 Å². The van der Waals surface area contributed by atoms with Crippen LogP contribution in [0.15, 0.2) is 42.5 Å². The third-order valence-electron chi connectivity index (χ3n) is 4.49. The first-order valence-electron chi connectivity index (χ1n) is 9.08. The summed E-state index contributed by atoms with van der Waals surface area (Å²) >= 11 is 0. The summed E-state index contributed by atoms with van der Waals surface area (Å²) in [5, 5.41) is 13.9. The molecule has 2 aromatic carbocycles. The highest BCUT2D eigenvalue weighted by Crippen LogP contribution is 2.28. The van der Waals surface area contributed by atoms with Gasteiger partial charge in [-0.2, -0.15) is 0 Å². The molecular weight excluding hydrogens is 362 g/mol. The van der Waals surface area contributed by atoms with E-state index in [-0.39, 0.29) is 29.5 Å². The van der Waals surface area contributed by atoms with Crippen LogP contribution in [-0.4, -0.2) is 29.9 Å². The van der Waals surface area contributed by atoms with Crippen molar-refractivity contribution in [1.29, 1.82) is 0 Å². The number of nitro benzene ring substituents is 1. The van der Waals surface area contributed by atoms with Gasteiger partial charge in [-0.05, 0) is 43.2 Å². The number of rotatable bonds is 7. The molecule has 1 aliphatic heterocycles. The molecule has 0 aromatic heterocycles. The Labute approximate surface area is 162 Å². The van der Waals surface area contributed by atoms with Gasteiger partial charge in [0.1, 0.15) is 0 Å². The van der Waals surface area contributed by atoms with Gasteiger partial charge < -0.3 is 15.0 Å². The molecule has 1 fully saturated rings. The monoisotopic (exact) mass is 383 g/mol. The van der Waals surface area contributed by atoms with E-state index in [0.717, 1.165) is 24.2 Å². The Balaban J connectivity index is 1.64. The Morgan fingerprint density at radius 1 is 1.25 bits per heavy atom. The van der Waals surface area contributed by atoms with Gasteiger partial charge in [0.05, 0.1) is 11.5 Å². The Kier molecular flexibility index (Phi) is 5.88. The van der Waals surface area contributed by atoms with Crippen LogP contribution in [0.2, 0.25) is 0 Å². The number of amides is 2. The average molecular weight is 383 g/mol. The summed E-state index contributed by atoms with van der Waals surface area (Å²) in [5.74, 6) is -0.154. The minimum atomic E-state index is -0.569. The zero-order chi connectivity index (χ0) is 20.1. The Morgan fingerprint density at radius 2 is 2.00 bits per heavy atom. The van der Waals surface area contributed by atoms with Crippen molar-refractivity contribution in [2.45, 2.75) is 26.3 Å². The highest BCUT2D eigenvalue weighted by atomic mass is 16.6. The van der Waals surface area contributed by atoms with Crippen molar-refractivity contribution in [3.8, 4) is 5.75 Å². The minimum absolute atomic E-state index is 0.123. The number of nitrogens with zero attached hydrogens (tertiary/aromatic N) is 2. The third-order valence-corrected chi connectivity index (χ3v) is 4.49. The summed E-state index contributed by atoms with van der Waals surface area (Å²) < 4.78 is 5.22. The van der Waals surface area contributed by atoms with E-state index < -0.39 is 10.8 Å². The van der Waals surface area contributed by atoms with E-state index in [4.69, 9.17) is 4.74 Å². The number of hydrogen-bond acceptors (Lipinski definition) is 5. The second-order valence-electron chi connectivity index (χ2n) is 6.37. The quantitative estimate of drug-likeness (QED) is 0.585. The summed E-state index contributed by atoms with van der Waals surface area (Å²) in [6.07, 6.45) is 1.44. The zero-order valence-electron chi connectivity index (χ0n) is 15.5. The van der Waals surface area contributed by atoms with Gasteiger partial charge in [0.25, 0.3) is 5.91 Å². The van der Waals surface area contributed by atoms with Crippen molar-refractivity contribution < 1.29 is 19.2 Å². The van der Waals surface area contributed by atoms with Crippen molar-refractivity contribution >= 4 is 23.2 Å². The molecule has 0 atom stereocenters. The number of carbonyl (C=O) groups is 2. The Morgan fingerprint density at radius 3 is 2.61 bits per heavy atom. The van der Waals surface area contributed by atoms with Crippen LogP contribution in [0.1, 0.15) is 35.7 Å². The molecular formula is C20H21N3O5. The molecule has 2 aromatic rings. The molecule has 8 heteroatoms. The molecule has 0 bridgehead atoms. The number of benzene rings is 2. The molecule has 0 radical (unpaired) electrons. The second-order valence-corrected chi connectivity index (χ2v) is 6.37. The summed E-state index contributed by atoms with van der Waals surface area (Å²) in [6, 6.07) is 11.5. The molecule has 0 aliphatic carbocycles. The van der Waals surface area contributed by atoms with Crippen LogP contribution in [0.25, 0.3) is 0 Å². The molecule has 0 saturated carbocycles. The molecule has 1 N–H and O–H groups in total. The fourth-order valence-electron chi connectivity index (χ4n) is 3.08. The van der Waals surface area contributed by atoms with E-state index in [1.165, 1.54) is 18.2 Å². The fraction of sp³-hybridized carbons (Fsp3) is 0.300. The van der Waals surface area contributed by atoms with Crippen LogP contribution in [0.5, 0.6) is 5.75 Å². The summed E-state index contributed by atoms with van der Waals surface area (Å²) in [5.41, 5.74) is 1.66. The molecule has 0 unspecified atom stereocenters. The van der Waals surface area contributed by atoms with Crippen LogP contribution in [0, 0.1) is 10.1 Å². The number of nitro groups is 1. The largest absolute Gasteiger partial charge is 0.487 e. The Bertz CT molecular complexity index is 895. The van der Waals surface area contributed by atoms with E-state index in [2.05, 4.69) is 5.32 Å². The lowest BCUT2D eigenvalue weighted by Gasteiger charge is -2.16. The van der Waals surface area contributed by atoms with E-state index >= 15 is 0 Å². The zero-order valence-corrected chi connectivity index (χ0v) is 15.5. The maximum atomic E-state index is 12.4. The molecule has 1 heterocycles. The molecule has 146 valence electrons. The summed E-state index contributed by atoms with van der Waals surface area (Å²) in [4.78, 5) is 36.5. The maximum Gasteiger partial charge on any atom is 0.311 e. The average Bonchev–Trinajstić information content (AvgIpc) is 3.12. The van der Waals surface area contributed by atoms with Crippen LogP contribution in [0.4, 0.5) is 11.4 Å². The first-order chi connectivity index (χ1) is 13.5. The van der Waals surface area contributed by atoms with E-state index in [1.54, 1.807) is 11.8 Å². The minimum Gasteiger partial charge on any atom is -0.487 e. The van der Waals surface area contributed by atoms with Gasteiger partial charge in [-0.3, -0.25) is 19.7 Å². The molecule has 3 rings (SSSR count). The van der Waals surface area contributed by atoms with Gasteiger partial charge in [-0.25, -0.2) is 0 Å². The van der Waals surface area contributed by atoms with Crippen molar-refractivity contribution in [2.75, 3.05) is 18.1 Å². The number of hydrogen-bond donors (Lipinski definition) is 1. The lowest BCUT2D eigenvalue weighted by Crippen LogP contribution is -2.24. The number of ether oxygens (including phenoxy) is 1. The van der Waals surface area contributed by atoms with Gasteiger partial charge in [-0.15, -0.1) is 0 Å². The van der Waals surface area contributed by atoms with Crippen LogP contribution >= 0.6 is 0 Å². The van der Waals surface area contributed by atoms with E-state index in [1.807, 2.05) is 24.3 Å². The second kappa shape index (κ2) is 8.51. The number of carbonyl (C=O) groups excluding carboxylic acids is 2. The summed E-state index contributed by atoms with van der Waals surface area (Å²) in [7, 11) is 0. The van der Waals surface area contributed by atoms with Gasteiger partial charge >= 0.3 is 5.69 Å². The number of anilines is 1. The van der Waals surface area contributed by atoms with Crippen molar-refractivity contribution in [1.82, 2.24) is 5.32 Å². The van der Waals surface area contributed by atoms with Crippen molar-refractivity contribution in [3.05, 3.63) is 63.7 Å². The fourth-order valence-corrected chi connectivity index (χ4v) is 3.08. The molecule has 8 nitrogen and oxygen atoms in total. The predicted molar refractivity (Wildman–Crippen MR) is 103 cm³/mol. The third kappa shape index (κ3) is 4.28. The van der Waals surface area contributed by atoms with E-state index in [9.17, 15) is 19.7 Å². The first kappa shape index (κ1) is 19.3. The van der Waals surface area contributed by atoms with E-state index in [0.29, 0.717) is 13.0 Å². The van der Waals surface area contributed by atoms with Gasteiger partial charge in [0.15, 0.2) is 5.75 Å². The molecule has 2 amide bonds. The summed E-state index contributed by atoms with van der Waals surface area (Å²) in [6.45, 7) is 3.03. The molecule has 1 aliphatic rings. The SMILES string of the molecule is CCOc1ccc(C(=O)NCc2ccc(N3CCCC3=O)cc2)cc1[N+](=O)[O-]. The first-order valence-corrected chi connectivity index (χ1v) is 9.08. The highest BCUT2D eigenvalue weighted by Gasteiger charge is 2.21. The van der Waals surface area contributed by atoms with Crippen molar-refractivity contribution in [3.63, 3.8) is 0 Å². The van der Waals surface area contributed by atoms with Gasteiger partial charge in [0, 0.05) is 36.8 Å². The van der Waals surface area contributed by atoms with Gasteiger partial charge in [0.2, 0.25) is 5.91 Å². The van der Waals surface area contributed by atoms with Gasteiger partial charge in [-0.1, -0.05) is 12.1 Å². The smallest absolute Gasteiger partial charge is 0.311 e. The molecule has 28 heavy (non-hydrogen) atoms. The lowest BCUT2D eigenvalue weighted by molar-refractivity contribution is -0.385. The Hall–Kier alpha value is -3.42. The normalized spacial score (nSPS) is 13.5. The van der Waals surface area contributed by atoms with Crippen molar-refractivity contribution in [2.24, 2.45) is 0 Å². The molecule has 0 spiro atoms. The predicted octanol–water partition coefficient (Wildman–Crippen LogP) is 3.05. The van der Waals surface area contributed by atoms with Crippen LogP contribution in [0.3, 0.4) is 0 Å².